The number of hydrogen-bond donors (Lipinski definition) is 0. The van der Waals surface area contributed by atoms with Gasteiger partial charge in [0.15, 0.2) is 0 Å². The van der Waals surface area contributed by atoms with Gasteiger partial charge in [0, 0.05) is 17.6 Å². The Morgan fingerprint density at radius 2 is 2.11 bits per heavy atom. The highest BCUT2D eigenvalue weighted by Gasteiger charge is 2.26. The molecule has 0 aliphatic carbocycles. The van der Waals surface area contributed by atoms with E-state index in [1.54, 1.807) is 32.9 Å². The van der Waals surface area contributed by atoms with E-state index in [2.05, 4.69) is 22.0 Å². The van der Waals surface area contributed by atoms with E-state index in [1.807, 2.05) is 6.07 Å². The predicted octanol–water partition coefficient (Wildman–Crippen LogP) is 2.93. The predicted molar refractivity (Wildman–Crippen MR) is 78.1 cm³/mol. The zero-order chi connectivity index (χ0) is 14.6. The van der Waals surface area contributed by atoms with Crippen LogP contribution in [0.4, 0.5) is 0 Å². The minimum absolute atomic E-state index is 0.210. The third kappa shape index (κ3) is 3.78. The van der Waals surface area contributed by atoms with Crippen molar-refractivity contribution in [1.29, 1.82) is 5.26 Å². The first kappa shape index (κ1) is 16.2. The van der Waals surface area contributed by atoms with Crippen LogP contribution in [-0.4, -0.2) is 25.8 Å². The first-order chi connectivity index (χ1) is 8.82. The second-order valence-electron chi connectivity index (χ2n) is 4.40. The van der Waals surface area contributed by atoms with E-state index in [4.69, 9.17) is 5.26 Å². The Labute approximate surface area is 123 Å². The summed E-state index contributed by atoms with van der Waals surface area (Å²) in [6.45, 7) is 5.81. The summed E-state index contributed by atoms with van der Waals surface area (Å²) in [5.41, 5.74) is 0.700. The molecule has 1 rings (SSSR count). The van der Waals surface area contributed by atoms with Crippen molar-refractivity contribution in [2.24, 2.45) is 5.92 Å². The number of halogens is 1. The van der Waals surface area contributed by atoms with Gasteiger partial charge in [-0.25, -0.2) is 8.42 Å². The number of rotatable bonds is 5. The van der Waals surface area contributed by atoms with Crippen LogP contribution in [0.2, 0.25) is 0 Å². The monoisotopic (exact) mass is 344 g/mol. The summed E-state index contributed by atoms with van der Waals surface area (Å²) in [4.78, 5) is 0.286. The van der Waals surface area contributed by atoms with Crippen molar-refractivity contribution < 1.29 is 8.42 Å². The van der Waals surface area contributed by atoms with Crippen molar-refractivity contribution in [1.82, 2.24) is 4.31 Å². The zero-order valence-electron chi connectivity index (χ0n) is 11.2. The molecule has 0 bridgehead atoms. The molecule has 0 spiro atoms. The highest BCUT2D eigenvalue weighted by molar-refractivity contribution is 9.10. The molecular formula is C13H17BrN2O2S. The van der Waals surface area contributed by atoms with E-state index in [1.165, 1.54) is 4.31 Å². The molecule has 6 heteroatoms. The van der Waals surface area contributed by atoms with E-state index < -0.39 is 10.0 Å². The second-order valence-corrected chi connectivity index (χ2v) is 7.22. The fourth-order valence-corrected chi connectivity index (χ4v) is 4.04. The van der Waals surface area contributed by atoms with Gasteiger partial charge in [0.1, 0.15) is 0 Å². The summed E-state index contributed by atoms with van der Waals surface area (Å²) in [7, 11) is -3.56. The van der Waals surface area contributed by atoms with E-state index in [-0.39, 0.29) is 17.4 Å². The van der Waals surface area contributed by atoms with Crippen molar-refractivity contribution >= 4 is 26.0 Å². The molecule has 1 atom stereocenters. The zero-order valence-corrected chi connectivity index (χ0v) is 13.6. The normalized spacial score (nSPS) is 13.3. The largest absolute Gasteiger partial charge is 0.243 e. The third-order valence-corrected chi connectivity index (χ3v) is 5.39. The Kier molecular flexibility index (Phi) is 5.53. The van der Waals surface area contributed by atoms with E-state index in [9.17, 15) is 8.42 Å². The van der Waals surface area contributed by atoms with Crippen LogP contribution in [-0.2, 0) is 10.0 Å². The molecule has 1 aromatic rings. The summed E-state index contributed by atoms with van der Waals surface area (Å²) in [6.07, 6.45) is 0. The number of nitrogens with zero attached hydrogens (tertiary/aromatic N) is 2. The van der Waals surface area contributed by atoms with Gasteiger partial charge in [-0.3, -0.25) is 0 Å². The number of sulfonamides is 1. The number of benzene rings is 1. The van der Waals surface area contributed by atoms with E-state index in [0.717, 1.165) is 4.47 Å². The van der Waals surface area contributed by atoms with Crippen molar-refractivity contribution in [3.63, 3.8) is 0 Å². The van der Waals surface area contributed by atoms with E-state index >= 15 is 0 Å². The maximum absolute atomic E-state index is 12.6. The highest BCUT2D eigenvalue weighted by Crippen LogP contribution is 2.24. The average molecular weight is 345 g/mol. The maximum atomic E-state index is 12.6. The van der Waals surface area contributed by atoms with Crippen LogP contribution in [0.15, 0.2) is 27.6 Å². The van der Waals surface area contributed by atoms with Crippen molar-refractivity contribution in [3.05, 3.63) is 28.2 Å². The standard InChI is InChI=1S/C13H17BrN2O2S/c1-4-16(9-10(2)8-15)19(17,18)13-7-12(14)6-5-11(13)3/h5-7,10H,4,9H2,1-3H3. The molecule has 0 fully saturated rings. The molecule has 0 radical (unpaired) electrons. The first-order valence-corrected chi connectivity index (χ1v) is 8.22. The van der Waals surface area contributed by atoms with Crippen LogP contribution in [0, 0.1) is 24.2 Å². The number of hydrogen-bond acceptors (Lipinski definition) is 3. The quantitative estimate of drug-likeness (QED) is 0.824. The van der Waals surface area contributed by atoms with Gasteiger partial charge in [-0.1, -0.05) is 28.9 Å². The molecule has 0 aliphatic heterocycles. The molecule has 0 aliphatic rings. The van der Waals surface area contributed by atoms with Crippen molar-refractivity contribution in [2.45, 2.75) is 25.7 Å². The summed E-state index contributed by atoms with van der Waals surface area (Å²) >= 11 is 3.29. The summed E-state index contributed by atoms with van der Waals surface area (Å²) in [5.74, 6) is -0.331. The molecule has 0 aromatic heterocycles. The third-order valence-electron chi connectivity index (χ3n) is 2.82. The molecule has 0 amide bonds. The van der Waals surface area contributed by atoms with Crippen LogP contribution in [0.5, 0.6) is 0 Å². The smallest absolute Gasteiger partial charge is 0.207 e. The number of nitriles is 1. The minimum Gasteiger partial charge on any atom is -0.207 e. The molecule has 0 N–H and O–H groups in total. The number of aryl methyl sites for hydroxylation is 1. The van der Waals surface area contributed by atoms with Gasteiger partial charge < -0.3 is 0 Å². The van der Waals surface area contributed by atoms with Crippen LogP contribution >= 0.6 is 15.9 Å². The van der Waals surface area contributed by atoms with Gasteiger partial charge in [0.05, 0.1) is 16.9 Å². The SMILES string of the molecule is CCN(CC(C)C#N)S(=O)(=O)c1cc(Br)ccc1C. The van der Waals surface area contributed by atoms with Gasteiger partial charge in [-0.15, -0.1) is 0 Å². The Balaban J connectivity index is 3.21. The Hall–Kier alpha value is -0.900. The van der Waals surface area contributed by atoms with Crippen LogP contribution in [0.25, 0.3) is 0 Å². The molecule has 1 unspecified atom stereocenters. The van der Waals surface area contributed by atoms with Gasteiger partial charge in [-0.2, -0.15) is 9.57 Å². The second kappa shape index (κ2) is 6.51. The van der Waals surface area contributed by atoms with Crippen LogP contribution < -0.4 is 0 Å². The summed E-state index contributed by atoms with van der Waals surface area (Å²) in [5, 5.41) is 8.84. The lowest BCUT2D eigenvalue weighted by Gasteiger charge is -2.22. The maximum Gasteiger partial charge on any atom is 0.243 e. The topological polar surface area (TPSA) is 61.2 Å². The van der Waals surface area contributed by atoms with Gasteiger partial charge in [0.2, 0.25) is 10.0 Å². The molecule has 0 heterocycles. The summed E-state index contributed by atoms with van der Waals surface area (Å²) in [6, 6.07) is 7.24. The van der Waals surface area contributed by atoms with Crippen molar-refractivity contribution in [2.75, 3.05) is 13.1 Å². The van der Waals surface area contributed by atoms with Gasteiger partial charge in [0.25, 0.3) is 0 Å². The fraction of sp³-hybridized carbons (Fsp3) is 0.462. The molecule has 4 nitrogen and oxygen atoms in total. The van der Waals surface area contributed by atoms with Gasteiger partial charge in [-0.05, 0) is 31.5 Å². The Bertz CT molecular complexity index is 593. The lowest BCUT2D eigenvalue weighted by molar-refractivity contribution is 0.399. The van der Waals surface area contributed by atoms with Crippen LogP contribution in [0.1, 0.15) is 19.4 Å². The lowest BCUT2D eigenvalue weighted by Crippen LogP contribution is -2.34. The molecular weight excluding hydrogens is 328 g/mol. The molecule has 0 saturated heterocycles. The summed E-state index contributed by atoms with van der Waals surface area (Å²) < 4.78 is 27.2. The Morgan fingerprint density at radius 3 is 2.63 bits per heavy atom. The molecule has 19 heavy (non-hydrogen) atoms. The molecule has 1 aromatic carbocycles. The Morgan fingerprint density at radius 1 is 1.47 bits per heavy atom. The van der Waals surface area contributed by atoms with Gasteiger partial charge >= 0.3 is 0 Å². The van der Waals surface area contributed by atoms with Crippen LogP contribution in [0.3, 0.4) is 0 Å². The average Bonchev–Trinajstić information content (AvgIpc) is 2.37. The van der Waals surface area contributed by atoms with Crippen molar-refractivity contribution in [3.8, 4) is 6.07 Å². The molecule has 104 valence electrons. The lowest BCUT2D eigenvalue weighted by atomic mass is 10.2. The highest BCUT2D eigenvalue weighted by atomic mass is 79.9. The molecule has 0 saturated carbocycles. The first-order valence-electron chi connectivity index (χ1n) is 5.98. The fourth-order valence-electron chi connectivity index (χ4n) is 1.73. The van der Waals surface area contributed by atoms with E-state index in [0.29, 0.717) is 12.1 Å². The minimum atomic E-state index is -3.56.